The fourth-order valence-electron chi connectivity index (χ4n) is 1.88. The molecule has 1 unspecified atom stereocenters. The summed E-state index contributed by atoms with van der Waals surface area (Å²) in [5.41, 5.74) is 7.42. The second kappa shape index (κ2) is 4.83. The highest BCUT2D eigenvalue weighted by atomic mass is 32.1. The standard InChI is InChI=1S/C12H14N2O2S/c13-12(17)10-2-1-3-11-9(10)4-5-14(11)6-8(16)7-15/h1-5,8,15-16H,6-7H2,(H2,13,17). The summed E-state index contributed by atoms with van der Waals surface area (Å²) in [4.78, 5) is 0.357. The van der Waals surface area contributed by atoms with Crippen LogP contribution in [0.25, 0.3) is 10.9 Å². The first-order valence-electron chi connectivity index (χ1n) is 5.30. The Balaban J connectivity index is 2.47. The third-order valence-corrected chi connectivity index (χ3v) is 2.92. The van der Waals surface area contributed by atoms with Gasteiger partial charge < -0.3 is 20.5 Å². The van der Waals surface area contributed by atoms with Gasteiger partial charge in [-0.3, -0.25) is 0 Å². The Morgan fingerprint density at radius 3 is 2.82 bits per heavy atom. The maximum absolute atomic E-state index is 9.45. The van der Waals surface area contributed by atoms with Gasteiger partial charge in [-0.15, -0.1) is 0 Å². The topological polar surface area (TPSA) is 71.4 Å². The third-order valence-electron chi connectivity index (χ3n) is 2.70. The SMILES string of the molecule is NC(=S)c1cccc2c1ccn2CC(O)CO. The molecule has 0 aliphatic heterocycles. The van der Waals surface area contributed by atoms with Crippen molar-refractivity contribution in [3.05, 3.63) is 36.0 Å². The molecule has 0 aliphatic rings. The van der Waals surface area contributed by atoms with E-state index in [4.69, 9.17) is 23.1 Å². The summed E-state index contributed by atoms with van der Waals surface area (Å²) in [7, 11) is 0. The Morgan fingerprint density at radius 2 is 2.18 bits per heavy atom. The van der Waals surface area contributed by atoms with Gasteiger partial charge in [-0.25, -0.2) is 0 Å². The average Bonchev–Trinajstić information content (AvgIpc) is 2.72. The zero-order valence-electron chi connectivity index (χ0n) is 9.21. The molecule has 90 valence electrons. The second-order valence-corrected chi connectivity index (χ2v) is 4.35. The van der Waals surface area contributed by atoms with Gasteiger partial charge in [0, 0.05) is 22.7 Å². The Labute approximate surface area is 104 Å². The minimum atomic E-state index is -0.765. The normalized spacial score (nSPS) is 12.8. The van der Waals surface area contributed by atoms with Crippen LogP contribution < -0.4 is 5.73 Å². The van der Waals surface area contributed by atoms with Gasteiger partial charge in [-0.2, -0.15) is 0 Å². The molecule has 1 aromatic carbocycles. The molecule has 0 amide bonds. The van der Waals surface area contributed by atoms with Crippen LogP contribution in [-0.2, 0) is 6.54 Å². The minimum Gasteiger partial charge on any atom is -0.394 e. The van der Waals surface area contributed by atoms with Gasteiger partial charge in [-0.1, -0.05) is 24.4 Å². The Kier molecular flexibility index (Phi) is 3.42. The average molecular weight is 250 g/mol. The first-order chi connectivity index (χ1) is 8.13. The lowest BCUT2D eigenvalue weighted by molar-refractivity contribution is 0.0822. The van der Waals surface area contributed by atoms with Crippen molar-refractivity contribution in [3.63, 3.8) is 0 Å². The van der Waals surface area contributed by atoms with E-state index >= 15 is 0 Å². The molecule has 0 aliphatic carbocycles. The fraction of sp³-hybridized carbons (Fsp3) is 0.250. The lowest BCUT2D eigenvalue weighted by Crippen LogP contribution is -2.19. The van der Waals surface area contributed by atoms with Crippen molar-refractivity contribution in [2.24, 2.45) is 5.73 Å². The quantitative estimate of drug-likeness (QED) is 0.696. The van der Waals surface area contributed by atoms with E-state index in [-0.39, 0.29) is 6.61 Å². The lowest BCUT2D eigenvalue weighted by atomic mass is 10.1. The van der Waals surface area contributed by atoms with E-state index in [9.17, 15) is 5.11 Å². The summed E-state index contributed by atoms with van der Waals surface area (Å²) in [5.74, 6) is 0. The molecular formula is C12H14N2O2S. The fourth-order valence-corrected chi connectivity index (χ4v) is 2.06. The molecule has 0 fully saturated rings. The molecule has 2 aromatic rings. The van der Waals surface area contributed by atoms with Gasteiger partial charge in [0.05, 0.1) is 19.3 Å². The number of hydrogen-bond donors (Lipinski definition) is 3. The highest BCUT2D eigenvalue weighted by molar-refractivity contribution is 7.80. The van der Waals surface area contributed by atoms with Gasteiger partial charge >= 0.3 is 0 Å². The highest BCUT2D eigenvalue weighted by Crippen LogP contribution is 2.20. The number of nitrogens with two attached hydrogens (primary N) is 1. The van der Waals surface area contributed by atoms with Crippen molar-refractivity contribution in [1.82, 2.24) is 4.57 Å². The molecule has 1 aromatic heterocycles. The molecule has 0 bridgehead atoms. The smallest absolute Gasteiger partial charge is 0.104 e. The maximum Gasteiger partial charge on any atom is 0.104 e. The van der Waals surface area contributed by atoms with Crippen molar-refractivity contribution in [2.75, 3.05) is 6.61 Å². The molecule has 5 heteroatoms. The number of fused-ring (bicyclic) bond motifs is 1. The molecule has 4 nitrogen and oxygen atoms in total. The maximum atomic E-state index is 9.45. The van der Waals surface area contributed by atoms with Crippen molar-refractivity contribution in [3.8, 4) is 0 Å². The van der Waals surface area contributed by atoms with E-state index < -0.39 is 6.10 Å². The van der Waals surface area contributed by atoms with Crippen LogP contribution in [0.4, 0.5) is 0 Å². The number of aromatic nitrogens is 1. The number of rotatable bonds is 4. The van der Waals surface area contributed by atoms with Crippen LogP contribution in [0.1, 0.15) is 5.56 Å². The predicted molar refractivity (Wildman–Crippen MR) is 70.9 cm³/mol. The van der Waals surface area contributed by atoms with Gasteiger partial charge in [0.1, 0.15) is 4.99 Å². The Bertz CT molecular complexity index is 550. The molecule has 0 saturated carbocycles. The highest BCUT2D eigenvalue weighted by Gasteiger charge is 2.09. The zero-order chi connectivity index (χ0) is 12.4. The summed E-state index contributed by atoms with van der Waals surface area (Å²) < 4.78 is 1.87. The molecule has 0 spiro atoms. The molecule has 0 saturated heterocycles. The van der Waals surface area contributed by atoms with Crippen LogP contribution in [0.5, 0.6) is 0 Å². The van der Waals surface area contributed by atoms with Crippen molar-refractivity contribution in [2.45, 2.75) is 12.6 Å². The predicted octanol–water partition coefficient (Wildman–Crippen LogP) is 0.629. The minimum absolute atomic E-state index is 0.255. The third kappa shape index (κ3) is 2.31. The first kappa shape index (κ1) is 12.0. The van der Waals surface area contributed by atoms with Gasteiger partial charge in [-0.05, 0) is 12.1 Å². The number of aliphatic hydroxyl groups excluding tert-OH is 2. The lowest BCUT2D eigenvalue weighted by Gasteiger charge is -2.10. The van der Waals surface area contributed by atoms with Crippen LogP contribution in [0, 0.1) is 0 Å². The molecule has 2 rings (SSSR count). The van der Waals surface area contributed by atoms with E-state index in [1.165, 1.54) is 0 Å². The molecule has 4 N–H and O–H groups in total. The van der Waals surface area contributed by atoms with E-state index in [2.05, 4.69) is 0 Å². The van der Waals surface area contributed by atoms with E-state index in [0.29, 0.717) is 11.5 Å². The van der Waals surface area contributed by atoms with Crippen LogP contribution in [-0.4, -0.2) is 32.5 Å². The number of thiocarbonyl (C=S) groups is 1. The van der Waals surface area contributed by atoms with Crippen molar-refractivity contribution in [1.29, 1.82) is 0 Å². The monoisotopic (exact) mass is 250 g/mol. The molecule has 17 heavy (non-hydrogen) atoms. The number of hydrogen-bond acceptors (Lipinski definition) is 3. The van der Waals surface area contributed by atoms with Crippen LogP contribution in [0.15, 0.2) is 30.5 Å². The Hall–Kier alpha value is -1.43. The molecular weight excluding hydrogens is 236 g/mol. The Morgan fingerprint density at radius 1 is 1.41 bits per heavy atom. The van der Waals surface area contributed by atoms with E-state index in [0.717, 1.165) is 16.5 Å². The van der Waals surface area contributed by atoms with Gasteiger partial charge in [0.2, 0.25) is 0 Å². The van der Waals surface area contributed by atoms with E-state index in [1.54, 1.807) is 0 Å². The number of benzene rings is 1. The molecule has 1 atom stereocenters. The summed E-state index contributed by atoms with van der Waals surface area (Å²) in [5, 5.41) is 19.3. The summed E-state index contributed by atoms with van der Waals surface area (Å²) in [6, 6.07) is 7.59. The zero-order valence-corrected chi connectivity index (χ0v) is 10.0. The number of nitrogens with zero attached hydrogens (tertiary/aromatic N) is 1. The van der Waals surface area contributed by atoms with Crippen LogP contribution in [0.2, 0.25) is 0 Å². The van der Waals surface area contributed by atoms with Gasteiger partial charge in [0.15, 0.2) is 0 Å². The summed E-state index contributed by atoms with van der Waals surface area (Å²) in [6.07, 6.45) is 1.09. The molecule has 0 radical (unpaired) electrons. The summed E-state index contributed by atoms with van der Waals surface area (Å²) in [6.45, 7) is 0.0927. The summed E-state index contributed by atoms with van der Waals surface area (Å²) >= 11 is 4.99. The van der Waals surface area contributed by atoms with Crippen molar-refractivity contribution >= 4 is 28.1 Å². The first-order valence-corrected chi connectivity index (χ1v) is 5.71. The molecule has 1 heterocycles. The van der Waals surface area contributed by atoms with Crippen LogP contribution in [0.3, 0.4) is 0 Å². The van der Waals surface area contributed by atoms with Crippen LogP contribution >= 0.6 is 12.2 Å². The van der Waals surface area contributed by atoms with Gasteiger partial charge in [0.25, 0.3) is 0 Å². The van der Waals surface area contributed by atoms with Crippen molar-refractivity contribution < 1.29 is 10.2 Å². The second-order valence-electron chi connectivity index (χ2n) is 3.91. The van der Waals surface area contributed by atoms with E-state index in [1.807, 2.05) is 35.0 Å². The largest absolute Gasteiger partial charge is 0.394 e. The number of aliphatic hydroxyl groups is 2.